The monoisotopic (exact) mass is 397 g/mol. The molecule has 114 valence electrons. The van der Waals surface area contributed by atoms with Crippen LogP contribution in [0.3, 0.4) is 0 Å². The molecule has 7 heteroatoms. The number of hydrogen-bond acceptors (Lipinski definition) is 5. The Kier molecular flexibility index (Phi) is 4.93. The molecule has 2 heterocycles. The molecule has 0 spiro atoms. The summed E-state index contributed by atoms with van der Waals surface area (Å²) in [5.74, 6) is 1.14. The molecule has 0 atom stereocenters. The first-order valence-electron chi connectivity index (χ1n) is 6.61. The van der Waals surface area contributed by atoms with Crippen LogP contribution in [-0.2, 0) is 13.1 Å². The largest absolute Gasteiger partial charge is 0.419 e. The molecule has 0 fully saturated rings. The van der Waals surface area contributed by atoms with Gasteiger partial charge in [0.2, 0.25) is 11.8 Å². The molecule has 0 saturated heterocycles. The second kappa shape index (κ2) is 6.91. The summed E-state index contributed by atoms with van der Waals surface area (Å²) in [4.78, 5) is 3.32. The van der Waals surface area contributed by atoms with Gasteiger partial charge in [0.15, 0.2) is 0 Å². The van der Waals surface area contributed by atoms with E-state index in [1.807, 2.05) is 43.4 Å². The van der Waals surface area contributed by atoms with E-state index in [1.165, 1.54) is 4.88 Å². The normalized spacial score (nSPS) is 11.3. The molecule has 4 nitrogen and oxygen atoms in total. The van der Waals surface area contributed by atoms with Crippen molar-refractivity contribution < 1.29 is 4.42 Å². The molecule has 0 bridgehead atoms. The molecule has 0 N–H and O–H groups in total. The highest BCUT2D eigenvalue weighted by atomic mass is 79.9. The van der Waals surface area contributed by atoms with Crippen LogP contribution in [-0.4, -0.2) is 22.1 Å². The van der Waals surface area contributed by atoms with E-state index < -0.39 is 0 Å². The van der Waals surface area contributed by atoms with Crippen LogP contribution < -0.4 is 0 Å². The van der Waals surface area contributed by atoms with Crippen LogP contribution in [0.2, 0.25) is 4.34 Å². The van der Waals surface area contributed by atoms with Gasteiger partial charge in [-0.2, -0.15) is 0 Å². The lowest BCUT2D eigenvalue weighted by molar-refractivity contribution is 0.285. The van der Waals surface area contributed by atoms with E-state index in [1.54, 1.807) is 11.3 Å². The Bertz CT molecular complexity index is 756. The first-order chi connectivity index (χ1) is 10.6. The SMILES string of the molecule is CN(Cc1nnc(-c2ccc(Br)cc2)o1)Cc1ccc(Cl)s1. The van der Waals surface area contributed by atoms with Crippen molar-refractivity contribution in [1.29, 1.82) is 0 Å². The molecule has 0 saturated carbocycles. The van der Waals surface area contributed by atoms with Crippen LogP contribution in [0.5, 0.6) is 0 Å². The fraction of sp³-hybridized carbons (Fsp3) is 0.200. The van der Waals surface area contributed by atoms with Gasteiger partial charge in [0.05, 0.1) is 10.9 Å². The maximum Gasteiger partial charge on any atom is 0.247 e. The van der Waals surface area contributed by atoms with Crippen molar-refractivity contribution >= 4 is 38.9 Å². The fourth-order valence-corrected chi connectivity index (χ4v) is 3.45. The van der Waals surface area contributed by atoms with Crippen molar-refractivity contribution in [3.63, 3.8) is 0 Å². The Hall–Kier alpha value is -1.21. The first-order valence-corrected chi connectivity index (χ1v) is 8.60. The minimum atomic E-state index is 0.537. The number of hydrogen-bond donors (Lipinski definition) is 0. The van der Waals surface area contributed by atoms with E-state index in [9.17, 15) is 0 Å². The molecular formula is C15H13BrClN3OS. The van der Waals surface area contributed by atoms with Gasteiger partial charge in [0, 0.05) is 21.5 Å². The molecular weight excluding hydrogens is 386 g/mol. The van der Waals surface area contributed by atoms with Gasteiger partial charge in [0.1, 0.15) is 0 Å². The number of nitrogens with zero attached hydrogens (tertiary/aromatic N) is 3. The van der Waals surface area contributed by atoms with Gasteiger partial charge in [-0.05, 0) is 43.4 Å². The average molecular weight is 399 g/mol. The van der Waals surface area contributed by atoms with Gasteiger partial charge in [-0.25, -0.2) is 0 Å². The lowest BCUT2D eigenvalue weighted by atomic mass is 10.2. The number of rotatable bonds is 5. The highest BCUT2D eigenvalue weighted by Gasteiger charge is 2.11. The van der Waals surface area contributed by atoms with E-state index in [4.69, 9.17) is 16.0 Å². The Morgan fingerprint density at radius 3 is 2.59 bits per heavy atom. The van der Waals surface area contributed by atoms with Crippen LogP contribution in [0.15, 0.2) is 45.3 Å². The predicted octanol–water partition coefficient (Wildman–Crippen LogP) is 4.85. The molecule has 0 amide bonds. The van der Waals surface area contributed by atoms with E-state index in [0.717, 1.165) is 20.9 Å². The topological polar surface area (TPSA) is 42.2 Å². The lowest BCUT2D eigenvalue weighted by Gasteiger charge is -2.12. The minimum absolute atomic E-state index is 0.537. The molecule has 3 aromatic rings. The summed E-state index contributed by atoms with van der Waals surface area (Å²) in [6.07, 6.45) is 0. The first kappa shape index (κ1) is 15.7. The summed E-state index contributed by atoms with van der Waals surface area (Å²) in [6, 6.07) is 11.7. The zero-order valence-electron chi connectivity index (χ0n) is 11.8. The predicted molar refractivity (Wildman–Crippen MR) is 91.9 cm³/mol. The number of halogens is 2. The molecule has 0 aliphatic rings. The van der Waals surface area contributed by atoms with E-state index >= 15 is 0 Å². The van der Waals surface area contributed by atoms with Crippen molar-refractivity contribution in [3.05, 3.63) is 56.0 Å². The molecule has 0 aliphatic heterocycles. The molecule has 1 aromatic carbocycles. The van der Waals surface area contributed by atoms with Crippen LogP contribution in [0, 0.1) is 0 Å². The van der Waals surface area contributed by atoms with Gasteiger partial charge in [-0.15, -0.1) is 21.5 Å². The van der Waals surface area contributed by atoms with E-state index in [-0.39, 0.29) is 0 Å². The molecule has 0 unspecified atom stereocenters. The van der Waals surface area contributed by atoms with E-state index in [0.29, 0.717) is 18.3 Å². The Labute approximate surface area is 145 Å². The number of benzene rings is 1. The molecule has 0 aliphatic carbocycles. The third-order valence-electron chi connectivity index (χ3n) is 3.02. The van der Waals surface area contributed by atoms with Crippen molar-refractivity contribution in [2.75, 3.05) is 7.05 Å². The maximum absolute atomic E-state index is 5.94. The molecule has 0 radical (unpaired) electrons. The summed E-state index contributed by atoms with van der Waals surface area (Å²) in [5.41, 5.74) is 0.912. The maximum atomic E-state index is 5.94. The van der Waals surface area contributed by atoms with E-state index in [2.05, 4.69) is 31.0 Å². The summed E-state index contributed by atoms with van der Waals surface area (Å²) in [5, 5.41) is 8.21. The zero-order chi connectivity index (χ0) is 15.5. The number of aromatic nitrogens is 2. The second-order valence-electron chi connectivity index (χ2n) is 4.89. The Morgan fingerprint density at radius 2 is 1.91 bits per heavy atom. The summed E-state index contributed by atoms with van der Waals surface area (Å²) in [7, 11) is 2.01. The summed E-state index contributed by atoms with van der Waals surface area (Å²) < 4.78 is 7.54. The number of thiophene rings is 1. The quantitative estimate of drug-likeness (QED) is 0.616. The smallest absolute Gasteiger partial charge is 0.247 e. The lowest BCUT2D eigenvalue weighted by Crippen LogP contribution is -2.16. The minimum Gasteiger partial charge on any atom is -0.419 e. The van der Waals surface area contributed by atoms with Gasteiger partial charge in [0.25, 0.3) is 0 Å². The highest BCUT2D eigenvalue weighted by Crippen LogP contribution is 2.23. The molecule has 2 aromatic heterocycles. The molecule has 22 heavy (non-hydrogen) atoms. The third kappa shape index (κ3) is 3.95. The van der Waals surface area contributed by atoms with Gasteiger partial charge >= 0.3 is 0 Å². The van der Waals surface area contributed by atoms with Gasteiger partial charge < -0.3 is 4.42 Å². The van der Waals surface area contributed by atoms with Crippen LogP contribution in [0.4, 0.5) is 0 Å². The van der Waals surface area contributed by atoms with Crippen molar-refractivity contribution in [2.24, 2.45) is 0 Å². The average Bonchev–Trinajstić information content (AvgIpc) is 3.09. The summed E-state index contributed by atoms with van der Waals surface area (Å²) >= 11 is 10.9. The van der Waals surface area contributed by atoms with Crippen LogP contribution in [0.1, 0.15) is 10.8 Å². The highest BCUT2D eigenvalue weighted by molar-refractivity contribution is 9.10. The van der Waals surface area contributed by atoms with Gasteiger partial charge in [-0.3, -0.25) is 4.90 Å². The second-order valence-corrected chi connectivity index (χ2v) is 7.60. The molecule has 3 rings (SSSR count). The standard InChI is InChI=1S/C15H13BrClN3OS/c1-20(8-12-6-7-13(17)22-12)9-14-18-19-15(21-14)10-2-4-11(16)5-3-10/h2-7H,8-9H2,1H3. The van der Waals surface area contributed by atoms with Crippen LogP contribution in [0.25, 0.3) is 11.5 Å². The third-order valence-corrected chi connectivity index (χ3v) is 4.76. The summed E-state index contributed by atoms with van der Waals surface area (Å²) in [6.45, 7) is 1.40. The Morgan fingerprint density at radius 1 is 1.14 bits per heavy atom. The Balaban J connectivity index is 1.65. The van der Waals surface area contributed by atoms with Crippen molar-refractivity contribution in [1.82, 2.24) is 15.1 Å². The van der Waals surface area contributed by atoms with Crippen molar-refractivity contribution in [3.8, 4) is 11.5 Å². The zero-order valence-corrected chi connectivity index (χ0v) is 15.0. The van der Waals surface area contributed by atoms with Crippen LogP contribution >= 0.6 is 38.9 Å². The fourth-order valence-electron chi connectivity index (χ4n) is 2.02. The van der Waals surface area contributed by atoms with Crippen molar-refractivity contribution in [2.45, 2.75) is 13.1 Å². The van der Waals surface area contributed by atoms with Gasteiger partial charge in [-0.1, -0.05) is 27.5 Å².